The van der Waals surface area contributed by atoms with Gasteiger partial charge in [-0.3, -0.25) is 9.59 Å². The van der Waals surface area contributed by atoms with Gasteiger partial charge < -0.3 is 21.1 Å². The van der Waals surface area contributed by atoms with E-state index in [0.29, 0.717) is 22.7 Å². The molecule has 0 heterocycles. The first-order valence-electron chi connectivity index (χ1n) is 7.60. The minimum Gasteiger partial charge on any atom is -0.495 e. The maximum absolute atomic E-state index is 12.4. The van der Waals surface area contributed by atoms with E-state index < -0.39 is 0 Å². The van der Waals surface area contributed by atoms with Crippen LogP contribution in [0.15, 0.2) is 42.5 Å². The Morgan fingerprint density at radius 3 is 2.54 bits per heavy atom. The minimum absolute atomic E-state index is 0.210. The molecule has 0 spiro atoms. The molecule has 0 aliphatic carbocycles. The van der Waals surface area contributed by atoms with Gasteiger partial charge >= 0.3 is 0 Å². The number of amides is 2. The first kappa shape index (κ1) is 17.5. The lowest BCUT2D eigenvalue weighted by atomic mass is 10.1. The van der Waals surface area contributed by atoms with Crippen LogP contribution in [-0.2, 0) is 4.79 Å². The number of aryl methyl sites for hydroxylation is 1. The van der Waals surface area contributed by atoms with E-state index in [9.17, 15) is 9.59 Å². The van der Waals surface area contributed by atoms with Crippen molar-refractivity contribution in [1.29, 1.82) is 0 Å². The van der Waals surface area contributed by atoms with Crippen molar-refractivity contribution in [2.24, 2.45) is 5.73 Å². The van der Waals surface area contributed by atoms with Crippen LogP contribution in [-0.4, -0.2) is 25.5 Å². The zero-order valence-electron chi connectivity index (χ0n) is 13.8. The normalized spacial score (nSPS) is 10.1. The highest BCUT2D eigenvalue weighted by molar-refractivity contribution is 6.05. The summed E-state index contributed by atoms with van der Waals surface area (Å²) in [6.45, 7) is 2.14. The fourth-order valence-electron chi connectivity index (χ4n) is 2.25. The SMILES string of the molecule is COc1ccc(NC(=O)c2ccccc2C)cc1NC(=O)CCN. The quantitative estimate of drug-likeness (QED) is 0.760. The molecule has 2 aromatic carbocycles. The highest BCUT2D eigenvalue weighted by Gasteiger charge is 2.12. The molecule has 126 valence electrons. The molecule has 2 amide bonds. The fraction of sp³-hybridized carbons (Fsp3) is 0.222. The van der Waals surface area contributed by atoms with Crippen molar-refractivity contribution in [3.05, 3.63) is 53.6 Å². The minimum atomic E-state index is -0.211. The number of hydrogen-bond acceptors (Lipinski definition) is 4. The number of hydrogen-bond donors (Lipinski definition) is 3. The molecule has 4 N–H and O–H groups in total. The van der Waals surface area contributed by atoms with Crippen LogP contribution in [0.4, 0.5) is 11.4 Å². The van der Waals surface area contributed by atoms with Gasteiger partial charge in [-0.1, -0.05) is 18.2 Å². The van der Waals surface area contributed by atoms with E-state index in [0.717, 1.165) is 5.56 Å². The summed E-state index contributed by atoms with van der Waals surface area (Å²) in [6.07, 6.45) is 0.211. The van der Waals surface area contributed by atoms with Crippen LogP contribution in [0.1, 0.15) is 22.3 Å². The molecule has 0 aliphatic heterocycles. The van der Waals surface area contributed by atoms with Gasteiger partial charge in [-0.25, -0.2) is 0 Å². The lowest BCUT2D eigenvalue weighted by molar-refractivity contribution is -0.116. The maximum atomic E-state index is 12.4. The van der Waals surface area contributed by atoms with Crippen LogP contribution in [0.25, 0.3) is 0 Å². The summed E-state index contributed by atoms with van der Waals surface area (Å²) < 4.78 is 5.23. The summed E-state index contributed by atoms with van der Waals surface area (Å²) in [6, 6.07) is 12.4. The second-order valence-corrected chi connectivity index (χ2v) is 5.27. The number of methoxy groups -OCH3 is 1. The second-order valence-electron chi connectivity index (χ2n) is 5.27. The number of benzene rings is 2. The van der Waals surface area contributed by atoms with E-state index in [-0.39, 0.29) is 24.8 Å². The van der Waals surface area contributed by atoms with Gasteiger partial charge in [-0.05, 0) is 36.8 Å². The molecule has 0 aromatic heterocycles. The number of nitrogens with two attached hydrogens (primary N) is 1. The Labute approximate surface area is 141 Å². The highest BCUT2D eigenvalue weighted by Crippen LogP contribution is 2.28. The highest BCUT2D eigenvalue weighted by atomic mass is 16.5. The molecule has 2 rings (SSSR count). The van der Waals surface area contributed by atoms with Crippen LogP contribution in [0.3, 0.4) is 0 Å². The molecule has 6 heteroatoms. The summed E-state index contributed by atoms with van der Waals surface area (Å²) in [5, 5.41) is 5.56. The van der Waals surface area contributed by atoms with E-state index in [1.165, 1.54) is 7.11 Å². The molecule has 0 aliphatic rings. The van der Waals surface area contributed by atoms with Crippen LogP contribution >= 0.6 is 0 Å². The third kappa shape index (κ3) is 4.33. The zero-order chi connectivity index (χ0) is 17.5. The summed E-state index contributed by atoms with van der Waals surface area (Å²) >= 11 is 0. The molecule has 2 aromatic rings. The van der Waals surface area contributed by atoms with Gasteiger partial charge in [0.05, 0.1) is 12.8 Å². The van der Waals surface area contributed by atoms with Gasteiger partial charge in [0, 0.05) is 24.2 Å². The van der Waals surface area contributed by atoms with Gasteiger partial charge in [0.2, 0.25) is 5.91 Å². The van der Waals surface area contributed by atoms with Crippen molar-refractivity contribution in [1.82, 2.24) is 0 Å². The lowest BCUT2D eigenvalue weighted by Gasteiger charge is -2.13. The molecule has 0 atom stereocenters. The third-order valence-corrected chi connectivity index (χ3v) is 3.49. The number of carbonyl (C=O) groups excluding carboxylic acids is 2. The van der Waals surface area contributed by atoms with E-state index in [4.69, 9.17) is 10.5 Å². The van der Waals surface area contributed by atoms with Gasteiger partial charge in [0.15, 0.2) is 0 Å². The number of nitrogens with one attached hydrogen (secondary N) is 2. The van der Waals surface area contributed by atoms with Crippen molar-refractivity contribution in [3.63, 3.8) is 0 Å². The van der Waals surface area contributed by atoms with Crippen molar-refractivity contribution in [3.8, 4) is 5.75 Å². The van der Waals surface area contributed by atoms with Crippen LogP contribution in [0.5, 0.6) is 5.75 Å². The molecule has 0 radical (unpaired) electrons. The standard InChI is InChI=1S/C18H21N3O3/c1-12-5-3-4-6-14(12)18(23)20-13-7-8-16(24-2)15(11-13)21-17(22)9-10-19/h3-8,11H,9-10,19H2,1-2H3,(H,20,23)(H,21,22). The molecule has 6 nitrogen and oxygen atoms in total. The fourth-order valence-corrected chi connectivity index (χ4v) is 2.25. The second kappa shape index (κ2) is 8.12. The number of rotatable bonds is 6. The van der Waals surface area contributed by atoms with E-state index >= 15 is 0 Å². The van der Waals surface area contributed by atoms with Crippen molar-refractivity contribution < 1.29 is 14.3 Å². The van der Waals surface area contributed by atoms with Crippen molar-refractivity contribution >= 4 is 23.2 Å². The number of ether oxygens (including phenoxy) is 1. The smallest absolute Gasteiger partial charge is 0.255 e. The summed E-state index contributed by atoms with van der Waals surface area (Å²) in [7, 11) is 1.51. The summed E-state index contributed by atoms with van der Waals surface area (Å²) in [4.78, 5) is 24.1. The Bertz CT molecular complexity index is 744. The van der Waals surface area contributed by atoms with Crippen LogP contribution < -0.4 is 21.1 Å². The van der Waals surface area contributed by atoms with E-state index in [2.05, 4.69) is 10.6 Å². The van der Waals surface area contributed by atoms with Crippen LogP contribution in [0.2, 0.25) is 0 Å². The Kier molecular flexibility index (Phi) is 5.92. The molecule has 0 saturated carbocycles. The molecule has 0 saturated heterocycles. The molecular formula is C18H21N3O3. The topological polar surface area (TPSA) is 93.5 Å². The maximum Gasteiger partial charge on any atom is 0.255 e. The third-order valence-electron chi connectivity index (χ3n) is 3.49. The molecule has 0 bridgehead atoms. The predicted octanol–water partition coefficient (Wildman–Crippen LogP) is 2.54. The number of anilines is 2. The van der Waals surface area contributed by atoms with E-state index in [1.54, 1.807) is 24.3 Å². The van der Waals surface area contributed by atoms with Crippen molar-refractivity contribution in [2.75, 3.05) is 24.3 Å². The van der Waals surface area contributed by atoms with E-state index in [1.807, 2.05) is 25.1 Å². The average molecular weight is 327 g/mol. The van der Waals surface area contributed by atoms with Gasteiger partial charge in [-0.2, -0.15) is 0 Å². The molecule has 24 heavy (non-hydrogen) atoms. The lowest BCUT2D eigenvalue weighted by Crippen LogP contribution is -2.17. The summed E-state index contributed by atoms with van der Waals surface area (Å²) in [5.41, 5.74) is 7.91. The Hall–Kier alpha value is -2.86. The predicted molar refractivity (Wildman–Crippen MR) is 94.4 cm³/mol. The largest absolute Gasteiger partial charge is 0.495 e. The first-order chi connectivity index (χ1) is 11.5. The number of carbonyl (C=O) groups is 2. The van der Waals surface area contributed by atoms with Crippen molar-refractivity contribution in [2.45, 2.75) is 13.3 Å². The monoisotopic (exact) mass is 327 g/mol. The Balaban J connectivity index is 2.20. The molecular weight excluding hydrogens is 306 g/mol. The zero-order valence-corrected chi connectivity index (χ0v) is 13.8. The van der Waals surface area contributed by atoms with Gasteiger partial charge in [0.25, 0.3) is 5.91 Å². The van der Waals surface area contributed by atoms with Crippen LogP contribution in [0, 0.1) is 6.92 Å². The van der Waals surface area contributed by atoms with Gasteiger partial charge in [-0.15, -0.1) is 0 Å². The van der Waals surface area contributed by atoms with Gasteiger partial charge in [0.1, 0.15) is 5.75 Å². The summed E-state index contributed by atoms with van der Waals surface area (Å²) in [5.74, 6) is 0.0879. The Morgan fingerprint density at radius 1 is 1.12 bits per heavy atom. The molecule has 0 unspecified atom stereocenters. The molecule has 0 fully saturated rings. The Morgan fingerprint density at radius 2 is 1.88 bits per heavy atom. The average Bonchev–Trinajstić information content (AvgIpc) is 2.55. The first-order valence-corrected chi connectivity index (χ1v) is 7.60.